The average Bonchev–Trinajstić information content (AvgIpc) is 3.87. The van der Waals surface area contributed by atoms with Crippen LogP contribution in [0.1, 0.15) is 84.1 Å². The molecule has 0 spiro atoms. The van der Waals surface area contributed by atoms with Crippen LogP contribution in [-0.4, -0.2) is 61.1 Å². The lowest BCUT2D eigenvalue weighted by Crippen LogP contribution is -2.66. The molecule has 2 aromatic rings. The number of rotatable bonds is 8. The first-order valence-corrected chi connectivity index (χ1v) is 17.8. The largest absolute Gasteiger partial charge is 0.495 e. The second-order valence-electron chi connectivity index (χ2n) is 15.4. The van der Waals surface area contributed by atoms with Crippen LogP contribution in [0.5, 0.6) is 5.75 Å². The van der Waals surface area contributed by atoms with Crippen LogP contribution in [0.3, 0.4) is 0 Å². The van der Waals surface area contributed by atoms with Gasteiger partial charge in [0.15, 0.2) is 0 Å². The summed E-state index contributed by atoms with van der Waals surface area (Å²) in [6.07, 6.45) is 2.86. The van der Waals surface area contributed by atoms with Gasteiger partial charge in [0.1, 0.15) is 23.4 Å². The minimum Gasteiger partial charge on any atom is -0.495 e. The van der Waals surface area contributed by atoms with Gasteiger partial charge < -0.3 is 35.9 Å². The minimum atomic E-state index is -1.48. The van der Waals surface area contributed by atoms with E-state index in [1.165, 1.54) is 13.2 Å². The van der Waals surface area contributed by atoms with E-state index in [-0.39, 0.29) is 38.1 Å². The zero-order valence-electron chi connectivity index (χ0n) is 30.9. The van der Waals surface area contributed by atoms with E-state index in [1.807, 2.05) is 52.0 Å². The van der Waals surface area contributed by atoms with E-state index < -0.39 is 58.1 Å². The quantitative estimate of drug-likeness (QED) is 0.220. The van der Waals surface area contributed by atoms with Crippen LogP contribution in [0.15, 0.2) is 54.6 Å². The number of amides is 3. The number of carbonyl (C=O) groups excluding carboxylic acids is 4. The molecule has 0 saturated carbocycles. The van der Waals surface area contributed by atoms with Crippen molar-refractivity contribution in [1.82, 2.24) is 16.0 Å². The molecule has 0 aromatic heterocycles. The maximum Gasteiger partial charge on any atom is 0.332 e. The van der Waals surface area contributed by atoms with E-state index in [0.717, 1.165) is 11.1 Å². The van der Waals surface area contributed by atoms with Crippen LogP contribution < -0.4 is 26.4 Å². The van der Waals surface area contributed by atoms with Crippen molar-refractivity contribution in [3.05, 3.63) is 76.3 Å². The topological polar surface area (TPSA) is 161 Å². The van der Waals surface area contributed by atoms with Crippen molar-refractivity contribution in [2.75, 3.05) is 13.7 Å². The van der Waals surface area contributed by atoms with E-state index in [2.05, 4.69) is 16.0 Å². The number of carbonyl (C=O) groups is 4. The summed E-state index contributed by atoms with van der Waals surface area (Å²) in [5.41, 5.74) is 5.32. The zero-order valence-corrected chi connectivity index (χ0v) is 31.7. The fourth-order valence-corrected chi connectivity index (χ4v) is 6.74. The summed E-state index contributed by atoms with van der Waals surface area (Å²) in [6, 6.07) is 11.3. The van der Waals surface area contributed by atoms with Crippen molar-refractivity contribution in [2.45, 2.75) is 104 Å². The fraction of sp³-hybridized carbons (Fsp3) is 0.538. The molecule has 2 aliphatic heterocycles. The highest BCUT2D eigenvalue weighted by molar-refractivity contribution is 6.32. The summed E-state index contributed by atoms with van der Waals surface area (Å²) >= 11 is 6.35. The Balaban J connectivity index is 1.68. The fourth-order valence-electron chi connectivity index (χ4n) is 6.46. The van der Waals surface area contributed by atoms with Crippen molar-refractivity contribution in [3.63, 3.8) is 0 Å². The highest BCUT2D eigenvalue weighted by atomic mass is 35.5. The monoisotopic (exact) mass is 724 g/mol. The molecule has 4 rings (SSSR count). The summed E-state index contributed by atoms with van der Waals surface area (Å²) < 4.78 is 17.4. The lowest BCUT2D eigenvalue weighted by molar-refractivity contribution is -0.160. The number of nitrogens with one attached hydrogen (secondary N) is 3. The first kappa shape index (κ1) is 39.8. The molecule has 51 heavy (non-hydrogen) atoms. The van der Waals surface area contributed by atoms with Gasteiger partial charge in [-0.15, -0.1) is 0 Å². The number of epoxide rings is 1. The summed E-state index contributed by atoms with van der Waals surface area (Å²) in [7, 11) is 1.51. The third kappa shape index (κ3) is 9.69. The second-order valence-corrected chi connectivity index (χ2v) is 15.8. The Morgan fingerprint density at radius 3 is 2.31 bits per heavy atom. The molecule has 3 unspecified atom stereocenters. The number of esters is 1. The SMILES string of the molecule is COc1ccc(CC2NC(=O)/C=C\CCOC(=O)C(CC(C)(C)C)([C@H](C)[C@H]3O[C@@H]3c3ccc(CN)cc3)NC(=O)C(C)(C)C(C)NC2=O)cc1Cl. The molecule has 2 heterocycles. The van der Waals surface area contributed by atoms with Crippen molar-refractivity contribution < 1.29 is 33.4 Å². The van der Waals surface area contributed by atoms with Crippen molar-refractivity contribution in [3.8, 4) is 5.75 Å². The van der Waals surface area contributed by atoms with Crippen LogP contribution >= 0.6 is 11.6 Å². The summed E-state index contributed by atoms with van der Waals surface area (Å²) in [5.74, 6) is -2.02. The number of methoxy groups -OCH3 is 1. The Labute approximate surface area is 306 Å². The Bertz CT molecular complexity index is 1620. The molecule has 11 nitrogen and oxygen atoms in total. The molecule has 5 N–H and O–H groups in total. The van der Waals surface area contributed by atoms with Gasteiger partial charge in [-0.25, -0.2) is 4.79 Å². The normalized spacial score (nSPS) is 27.3. The van der Waals surface area contributed by atoms with Gasteiger partial charge in [-0.3, -0.25) is 14.4 Å². The molecule has 0 radical (unpaired) electrons. The maximum absolute atomic E-state index is 14.5. The molecule has 278 valence electrons. The third-order valence-electron chi connectivity index (χ3n) is 9.95. The highest BCUT2D eigenvalue weighted by Gasteiger charge is 2.59. The van der Waals surface area contributed by atoms with Crippen LogP contribution in [0.4, 0.5) is 0 Å². The van der Waals surface area contributed by atoms with Gasteiger partial charge in [-0.1, -0.05) is 75.7 Å². The number of nitrogens with two attached hydrogens (primary N) is 1. The lowest BCUT2D eigenvalue weighted by Gasteiger charge is -2.44. The summed E-state index contributed by atoms with van der Waals surface area (Å²) in [6.45, 7) is 13.5. The van der Waals surface area contributed by atoms with E-state index in [1.54, 1.807) is 45.0 Å². The van der Waals surface area contributed by atoms with Crippen molar-refractivity contribution in [1.29, 1.82) is 0 Å². The van der Waals surface area contributed by atoms with Crippen LogP contribution in [0.2, 0.25) is 5.02 Å². The number of hydrogen-bond acceptors (Lipinski definition) is 8. The summed E-state index contributed by atoms with van der Waals surface area (Å²) in [4.78, 5) is 55.6. The predicted octanol–water partition coefficient (Wildman–Crippen LogP) is 4.94. The molecule has 1 fully saturated rings. The first-order valence-electron chi connectivity index (χ1n) is 17.5. The zero-order chi connectivity index (χ0) is 37.7. The number of cyclic esters (lactones) is 1. The van der Waals surface area contributed by atoms with Gasteiger partial charge >= 0.3 is 5.97 Å². The van der Waals surface area contributed by atoms with Crippen LogP contribution in [0, 0.1) is 16.7 Å². The van der Waals surface area contributed by atoms with Crippen molar-refractivity contribution >= 4 is 35.3 Å². The lowest BCUT2D eigenvalue weighted by atomic mass is 9.70. The summed E-state index contributed by atoms with van der Waals surface area (Å²) in [5, 5.41) is 9.26. The molecule has 2 aromatic carbocycles. The van der Waals surface area contributed by atoms with E-state index >= 15 is 0 Å². The predicted molar refractivity (Wildman–Crippen MR) is 196 cm³/mol. The molecule has 3 amide bonds. The Kier molecular flexibility index (Phi) is 12.6. The number of benzene rings is 2. The molecule has 0 bridgehead atoms. The van der Waals surface area contributed by atoms with Gasteiger partial charge in [-0.05, 0) is 67.5 Å². The van der Waals surface area contributed by atoms with E-state index in [0.29, 0.717) is 22.9 Å². The third-order valence-corrected chi connectivity index (χ3v) is 10.2. The van der Waals surface area contributed by atoms with E-state index in [4.69, 9.17) is 31.5 Å². The van der Waals surface area contributed by atoms with Gasteiger partial charge in [0.25, 0.3) is 0 Å². The molecule has 2 aliphatic rings. The van der Waals surface area contributed by atoms with Crippen LogP contribution in [-0.2, 0) is 41.6 Å². The Morgan fingerprint density at radius 2 is 1.71 bits per heavy atom. The Hall–Kier alpha value is -3.93. The van der Waals surface area contributed by atoms with Gasteiger partial charge in [0.05, 0.1) is 30.3 Å². The standard InChI is InChI=1S/C39H53ClN4O7/c1-23(32-33(51-32)27-15-12-25(21-41)13-16-27)39(22-37(3,4)5)36(48)50-18-10-9-11-31(45)43-29(20-26-14-17-30(49-8)28(40)19-26)34(46)42-24(2)38(6,7)35(47)44-39/h9,11-17,19,23-24,29,32-33H,10,18,20-22,41H2,1-8H3,(H,42,46)(H,43,45)(H,44,47)/b11-9-/t23-,24?,29?,32-,33-,39?/m1/s1. The highest BCUT2D eigenvalue weighted by Crippen LogP contribution is 2.49. The van der Waals surface area contributed by atoms with Crippen LogP contribution in [0.25, 0.3) is 0 Å². The van der Waals surface area contributed by atoms with Gasteiger partial charge in [-0.2, -0.15) is 0 Å². The average molecular weight is 725 g/mol. The molecule has 6 atom stereocenters. The van der Waals surface area contributed by atoms with Gasteiger partial charge in [0.2, 0.25) is 17.7 Å². The maximum atomic E-state index is 14.5. The number of hydrogen-bond donors (Lipinski definition) is 4. The molecule has 1 saturated heterocycles. The molecule has 12 heteroatoms. The van der Waals surface area contributed by atoms with E-state index in [9.17, 15) is 19.2 Å². The Morgan fingerprint density at radius 1 is 1.04 bits per heavy atom. The number of halogens is 1. The first-order chi connectivity index (χ1) is 23.9. The van der Waals surface area contributed by atoms with Gasteiger partial charge in [0, 0.05) is 31.3 Å². The van der Waals surface area contributed by atoms with Crippen molar-refractivity contribution in [2.24, 2.45) is 22.5 Å². The molecular formula is C39H53ClN4O7. The second kappa shape index (κ2) is 16.2. The number of ether oxygens (including phenoxy) is 3. The smallest absolute Gasteiger partial charge is 0.332 e. The molecule has 0 aliphatic carbocycles. The minimum absolute atomic E-state index is 0.0271. The molecular weight excluding hydrogens is 672 g/mol.